The van der Waals surface area contributed by atoms with Crippen molar-refractivity contribution >= 4 is 29.3 Å². The molecule has 1 aromatic carbocycles. The summed E-state index contributed by atoms with van der Waals surface area (Å²) in [5, 5.41) is 10.5. The van der Waals surface area contributed by atoms with Crippen LogP contribution in [0.1, 0.15) is 18.6 Å². The zero-order chi connectivity index (χ0) is 12.3. The van der Waals surface area contributed by atoms with E-state index in [2.05, 4.69) is 4.74 Å². The number of ether oxygens (including phenoxy) is 1. The molecule has 1 amide bonds. The van der Waals surface area contributed by atoms with Gasteiger partial charge < -0.3 is 15.6 Å². The first-order valence-electron chi connectivity index (χ1n) is 4.51. The van der Waals surface area contributed by atoms with Crippen molar-refractivity contribution in [2.24, 2.45) is 5.73 Å². The third kappa shape index (κ3) is 3.27. The molecule has 0 spiro atoms. The van der Waals surface area contributed by atoms with Gasteiger partial charge in [0.05, 0.1) is 10.0 Å². The van der Waals surface area contributed by atoms with Crippen molar-refractivity contribution in [3.05, 3.63) is 33.8 Å². The molecule has 0 radical (unpaired) electrons. The van der Waals surface area contributed by atoms with Crippen molar-refractivity contribution in [2.75, 3.05) is 0 Å². The average molecular weight is 264 g/mol. The quantitative estimate of drug-likeness (QED) is 0.880. The molecule has 3 N–H and O–H groups in total. The van der Waals surface area contributed by atoms with Crippen LogP contribution in [0.3, 0.4) is 0 Å². The Hall–Kier alpha value is -0.970. The van der Waals surface area contributed by atoms with Crippen molar-refractivity contribution in [3.63, 3.8) is 0 Å². The maximum atomic E-state index is 10.5. The summed E-state index contributed by atoms with van der Waals surface area (Å²) in [6, 6.07) is 4.66. The Bertz CT molecular complexity index is 398. The number of carbonyl (C=O) groups excluding carboxylic acids is 1. The van der Waals surface area contributed by atoms with Crippen LogP contribution in [0.5, 0.6) is 0 Å². The molecule has 1 aromatic rings. The van der Waals surface area contributed by atoms with Crippen LogP contribution in [-0.4, -0.2) is 17.3 Å². The van der Waals surface area contributed by atoms with E-state index >= 15 is 0 Å². The lowest BCUT2D eigenvalue weighted by Crippen LogP contribution is -2.25. The number of aliphatic hydroxyl groups excluding tert-OH is 1. The zero-order valence-corrected chi connectivity index (χ0v) is 10.00. The molecule has 0 heterocycles. The van der Waals surface area contributed by atoms with Gasteiger partial charge >= 0.3 is 6.09 Å². The molecule has 88 valence electrons. The highest BCUT2D eigenvalue weighted by molar-refractivity contribution is 6.42. The molecule has 0 aliphatic rings. The molecule has 0 bridgehead atoms. The van der Waals surface area contributed by atoms with E-state index in [-0.39, 0.29) is 0 Å². The number of halogens is 2. The summed E-state index contributed by atoms with van der Waals surface area (Å²) in [7, 11) is 0. The van der Waals surface area contributed by atoms with Gasteiger partial charge in [0.15, 0.2) is 0 Å². The molecule has 0 saturated carbocycles. The van der Waals surface area contributed by atoms with Gasteiger partial charge in [0.1, 0.15) is 12.2 Å². The van der Waals surface area contributed by atoms with Crippen LogP contribution in [0, 0.1) is 0 Å². The van der Waals surface area contributed by atoms with Gasteiger partial charge in [-0.05, 0) is 24.6 Å². The molecule has 0 fully saturated rings. The minimum Gasteiger partial charge on any atom is -0.444 e. The van der Waals surface area contributed by atoms with E-state index in [4.69, 9.17) is 28.9 Å². The highest BCUT2D eigenvalue weighted by atomic mass is 35.5. The number of hydrogen-bond acceptors (Lipinski definition) is 3. The summed E-state index contributed by atoms with van der Waals surface area (Å²) >= 11 is 11.5. The third-order valence-electron chi connectivity index (χ3n) is 2.03. The molecule has 16 heavy (non-hydrogen) atoms. The fraction of sp³-hybridized carbons (Fsp3) is 0.300. The number of amides is 1. The lowest BCUT2D eigenvalue weighted by molar-refractivity contribution is 0.0158. The maximum absolute atomic E-state index is 10.5. The van der Waals surface area contributed by atoms with Crippen molar-refractivity contribution in [2.45, 2.75) is 19.1 Å². The van der Waals surface area contributed by atoms with E-state index in [1.54, 1.807) is 12.1 Å². The Morgan fingerprint density at radius 2 is 2.06 bits per heavy atom. The minimum atomic E-state index is -0.998. The summed E-state index contributed by atoms with van der Waals surface area (Å²) < 4.78 is 4.65. The molecule has 0 aromatic heterocycles. The van der Waals surface area contributed by atoms with Gasteiger partial charge in [0, 0.05) is 0 Å². The molecule has 4 nitrogen and oxygen atoms in total. The lowest BCUT2D eigenvalue weighted by atomic mass is 10.1. The number of primary amides is 1. The van der Waals surface area contributed by atoms with E-state index in [9.17, 15) is 9.90 Å². The molecule has 6 heteroatoms. The topological polar surface area (TPSA) is 72.5 Å². The molecular formula is C10H11Cl2NO3. The van der Waals surface area contributed by atoms with Gasteiger partial charge in [-0.1, -0.05) is 29.3 Å². The van der Waals surface area contributed by atoms with Crippen LogP contribution in [-0.2, 0) is 4.74 Å². The first-order chi connectivity index (χ1) is 7.41. The summed E-state index contributed by atoms with van der Waals surface area (Å²) in [5.41, 5.74) is 5.35. The Kier molecular flexibility index (Phi) is 4.41. The van der Waals surface area contributed by atoms with E-state index in [0.717, 1.165) is 0 Å². The van der Waals surface area contributed by atoms with E-state index in [0.29, 0.717) is 15.6 Å². The van der Waals surface area contributed by atoms with Gasteiger partial charge in [-0.2, -0.15) is 0 Å². The van der Waals surface area contributed by atoms with Gasteiger partial charge in [-0.25, -0.2) is 4.79 Å². The second kappa shape index (κ2) is 5.39. The molecule has 0 aliphatic heterocycles. The van der Waals surface area contributed by atoms with E-state index in [1.807, 2.05) is 0 Å². The van der Waals surface area contributed by atoms with Gasteiger partial charge in [0.2, 0.25) is 0 Å². The lowest BCUT2D eigenvalue weighted by Gasteiger charge is -2.18. The smallest absolute Gasteiger partial charge is 0.404 e. The number of aliphatic hydroxyl groups is 1. The summed E-state index contributed by atoms with van der Waals surface area (Å²) in [6.07, 6.45) is -2.69. The molecular weight excluding hydrogens is 253 g/mol. The third-order valence-corrected chi connectivity index (χ3v) is 2.77. The SMILES string of the molecule is CC(OC(N)=O)C(O)c1ccc(Cl)c(Cl)c1. The Morgan fingerprint density at radius 3 is 2.56 bits per heavy atom. The highest BCUT2D eigenvalue weighted by Gasteiger charge is 2.19. The van der Waals surface area contributed by atoms with Crippen LogP contribution in [0.2, 0.25) is 10.0 Å². The maximum Gasteiger partial charge on any atom is 0.404 e. The molecule has 2 atom stereocenters. The van der Waals surface area contributed by atoms with Crippen LogP contribution in [0.4, 0.5) is 4.79 Å². The van der Waals surface area contributed by atoms with Crippen molar-refractivity contribution < 1.29 is 14.6 Å². The second-order valence-electron chi connectivity index (χ2n) is 3.26. The predicted octanol–water partition coefficient (Wildman–Crippen LogP) is 2.51. The number of benzene rings is 1. The van der Waals surface area contributed by atoms with Gasteiger partial charge in [-0.3, -0.25) is 0 Å². The van der Waals surface area contributed by atoms with Gasteiger partial charge in [-0.15, -0.1) is 0 Å². The average Bonchev–Trinajstić information content (AvgIpc) is 2.20. The van der Waals surface area contributed by atoms with Crippen LogP contribution < -0.4 is 5.73 Å². The fourth-order valence-corrected chi connectivity index (χ4v) is 1.52. The number of nitrogens with two attached hydrogens (primary N) is 1. The Labute approximate surface area is 103 Å². The number of rotatable bonds is 3. The van der Waals surface area contributed by atoms with Crippen LogP contribution >= 0.6 is 23.2 Å². The number of carbonyl (C=O) groups is 1. The van der Waals surface area contributed by atoms with Crippen molar-refractivity contribution in [1.29, 1.82) is 0 Å². The highest BCUT2D eigenvalue weighted by Crippen LogP contribution is 2.27. The molecule has 0 saturated heterocycles. The Morgan fingerprint density at radius 1 is 1.44 bits per heavy atom. The van der Waals surface area contributed by atoms with E-state index in [1.165, 1.54) is 13.0 Å². The molecule has 0 aliphatic carbocycles. The Balaban J connectivity index is 2.83. The van der Waals surface area contributed by atoms with Gasteiger partial charge in [0.25, 0.3) is 0 Å². The fourth-order valence-electron chi connectivity index (χ4n) is 1.22. The number of hydrogen-bond donors (Lipinski definition) is 2. The largest absolute Gasteiger partial charge is 0.444 e. The first kappa shape index (κ1) is 13.1. The van der Waals surface area contributed by atoms with Crippen LogP contribution in [0.25, 0.3) is 0 Å². The summed E-state index contributed by atoms with van der Waals surface area (Å²) in [6.45, 7) is 1.53. The monoisotopic (exact) mass is 263 g/mol. The normalized spacial score (nSPS) is 14.2. The summed E-state index contributed by atoms with van der Waals surface area (Å²) in [4.78, 5) is 10.5. The van der Waals surface area contributed by atoms with E-state index < -0.39 is 18.3 Å². The molecule has 1 rings (SSSR count). The summed E-state index contributed by atoms with van der Waals surface area (Å²) in [5.74, 6) is 0. The van der Waals surface area contributed by atoms with Crippen LogP contribution in [0.15, 0.2) is 18.2 Å². The molecule has 2 unspecified atom stereocenters. The van der Waals surface area contributed by atoms with Crippen molar-refractivity contribution in [1.82, 2.24) is 0 Å². The first-order valence-corrected chi connectivity index (χ1v) is 5.26. The second-order valence-corrected chi connectivity index (χ2v) is 4.07. The minimum absolute atomic E-state index is 0.324. The van der Waals surface area contributed by atoms with Crippen molar-refractivity contribution in [3.8, 4) is 0 Å². The zero-order valence-electron chi connectivity index (χ0n) is 8.48. The predicted molar refractivity (Wildman–Crippen MR) is 61.6 cm³/mol. The standard InChI is InChI=1S/C10H11Cl2NO3/c1-5(16-10(13)15)9(14)6-2-3-7(11)8(12)4-6/h2-5,9,14H,1H3,(H2,13,15).